The van der Waals surface area contributed by atoms with Gasteiger partial charge in [-0.2, -0.15) is 0 Å². The molecular formula is C26H29Cl2N5O4. The van der Waals surface area contributed by atoms with Crippen molar-refractivity contribution >= 4 is 46.7 Å². The Balaban J connectivity index is 1.71. The molecule has 0 aromatic heterocycles. The minimum absolute atomic E-state index is 0.180. The molecule has 196 valence electrons. The number of nitrogens with zero attached hydrogens (tertiary/aromatic N) is 3. The SMILES string of the molecule is COC(=O)[C@H](Cc1ccc(NC(=O)c2c(Cl)cccc2Cl)cc1)NC(=O)C1(CC(C)N=[N+]=[N-])CCCC1. The molecule has 0 heterocycles. The predicted octanol–water partition coefficient (Wildman–Crippen LogP) is 6.10. The van der Waals surface area contributed by atoms with Crippen molar-refractivity contribution < 1.29 is 19.1 Å². The zero-order valence-corrected chi connectivity index (χ0v) is 22.2. The number of azide groups is 1. The van der Waals surface area contributed by atoms with Crippen molar-refractivity contribution in [2.75, 3.05) is 12.4 Å². The molecular weight excluding hydrogens is 517 g/mol. The smallest absolute Gasteiger partial charge is 0.328 e. The van der Waals surface area contributed by atoms with Crippen LogP contribution in [0.25, 0.3) is 10.4 Å². The summed E-state index contributed by atoms with van der Waals surface area (Å²) in [6.45, 7) is 1.78. The maximum Gasteiger partial charge on any atom is 0.328 e. The van der Waals surface area contributed by atoms with E-state index in [1.807, 2.05) is 0 Å². The molecule has 9 nitrogen and oxygen atoms in total. The van der Waals surface area contributed by atoms with Gasteiger partial charge in [-0.15, -0.1) is 0 Å². The maximum atomic E-state index is 13.4. The first-order chi connectivity index (χ1) is 17.7. The normalized spacial score (nSPS) is 15.7. The van der Waals surface area contributed by atoms with Crippen molar-refractivity contribution in [1.82, 2.24) is 5.32 Å². The van der Waals surface area contributed by atoms with Gasteiger partial charge >= 0.3 is 5.97 Å². The maximum absolute atomic E-state index is 13.4. The van der Waals surface area contributed by atoms with Crippen LogP contribution >= 0.6 is 23.2 Å². The van der Waals surface area contributed by atoms with Gasteiger partial charge < -0.3 is 15.4 Å². The Morgan fingerprint density at radius 3 is 2.30 bits per heavy atom. The van der Waals surface area contributed by atoms with Gasteiger partial charge in [-0.05, 0) is 54.6 Å². The molecule has 0 bridgehead atoms. The number of methoxy groups -OCH3 is 1. The Kier molecular flexibility index (Phi) is 9.80. The average molecular weight is 546 g/mol. The molecule has 0 spiro atoms. The van der Waals surface area contributed by atoms with Crippen LogP contribution in [0.5, 0.6) is 0 Å². The number of ether oxygens (including phenoxy) is 1. The third kappa shape index (κ3) is 7.16. The molecule has 1 saturated carbocycles. The number of amides is 2. The minimum atomic E-state index is -0.896. The van der Waals surface area contributed by atoms with Gasteiger partial charge in [-0.3, -0.25) is 9.59 Å². The van der Waals surface area contributed by atoms with E-state index in [9.17, 15) is 14.4 Å². The standard InChI is InChI=1S/C26H29Cl2N5O4/c1-16(32-33-29)15-26(12-3-4-13-26)25(36)31-21(24(35)37-2)14-17-8-10-18(11-9-17)30-23(34)22-19(27)6-5-7-20(22)28/h5-11,16,21H,3-4,12-15H2,1-2H3,(H,30,34)(H,31,36)/t16?,21-/m0/s1. The van der Waals surface area contributed by atoms with Crippen LogP contribution in [0.15, 0.2) is 47.6 Å². The molecule has 1 unspecified atom stereocenters. The number of halogens is 2. The first-order valence-electron chi connectivity index (χ1n) is 12.0. The highest BCUT2D eigenvalue weighted by molar-refractivity contribution is 6.40. The summed E-state index contributed by atoms with van der Waals surface area (Å²) < 4.78 is 4.95. The van der Waals surface area contributed by atoms with Crippen molar-refractivity contribution in [3.63, 3.8) is 0 Å². The van der Waals surface area contributed by atoms with Gasteiger partial charge in [-0.25, -0.2) is 4.79 Å². The molecule has 0 aliphatic heterocycles. The molecule has 2 atom stereocenters. The van der Waals surface area contributed by atoms with Gasteiger partial charge in [0.1, 0.15) is 6.04 Å². The van der Waals surface area contributed by atoms with E-state index >= 15 is 0 Å². The summed E-state index contributed by atoms with van der Waals surface area (Å²) >= 11 is 12.2. The van der Waals surface area contributed by atoms with Crippen LogP contribution in [0.2, 0.25) is 10.0 Å². The fourth-order valence-electron chi connectivity index (χ4n) is 4.79. The number of nitrogens with one attached hydrogen (secondary N) is 2. The monoisotopic (exact) mass is 545 g/mol. The van der Waals surface area contributed by atoms with Gasteiger partial charge in [0.05, 0.1) is 22.7 Å². The fraction of sp³-hybridized carbons (Fsp3) is 0.423. The molecule has 3 rings (SSSR count). The second-order valence-corrected chi connectivity index (χ2v) is 10.1. The molecule has 2 amide bonds. The lowest BCUT2D eigenvalue weighted by molar-refractivity contribution is -0.146. The highest BCUT2D eigenvalue weighted by Crippen LogP contribution is 2.43. The quantitative estimate of drug-likeness (QED) is 0.161. The van der Waals surface area contributed by atoms with Crippen LogP contribution < -0.4 is 10.6 Å². The number of hydrogen-bond acceptors (Lipinski definition) is 5. The highest BCUT2D eigenvalue weighted by Gasteiger charge is 2.43. The highest BCUT2D eigenvalue weighted by atomic mass is 35.5. The van der Waals surface area contributed by atoms with E-state index in [4.69, 9.17) is 33.5 Å². The summed E-state index contributed by atoms with van der Waals surface area (Å²) in [6.07, 6.45) is 3.74. The first-order valence-corrected chi connectivity index (χ1v) is 12.7. The van der Waals surface area contributed by atoms with Crippen LogP contribution in [-0.2, 0) is 20.7 Å². The van der Waals surface area contributed by atoms with E-state index in [0.717, 1.165) is 18.4 Å². The molecule has 37 heavy (non-hydrogen) atoms. The van der Waals surface area contributed by atoms with Gasteiger partial charge in [0.2, 0.25) is 5.91 Å². The molecule has 1 aliphatic rings. The Labute approximate surface area is 225 Å². The number of rotatable bonds is 10. The van der Waals surface area contributed by atoms with Crippen LogP contribution in [0.3, 0.4) is 0 Å². The summed E-state index contributed by atoms with van der Waals surface area (Å²) in [5.74, 6) is -1.24. The number of anilines is 1. The molecule has 0 radical (unpaired) electrons. The van der Waals surface area contributed by atoms with Crippen molar-refractivity contribution in [2.24, 2.45) is 10.5 Å². The average Bonchev–Trinajstić information content (AvgIpc) is 3.34. The van der Waals surface area contributed by atoms with Gasteiger partial charge in [0.25, 0.3) is 5.91 Å². The Morgan fingerprint density at radius 2 is 1.73 bits per heavy atom. The fourth-order valence-corrected chi connectivity index (χ4v) is 5.35. The molecule has 1 fully saturated rings. The summed E-state index contributed by atoms with van der Waals surface area (Å²) in [5, 5.41) is 9.85. The Hall–Kier alpha value is -3.26. The molecule has 0 saturated heterocycles. The zero-order chi connectivity index (χ0) is 27.0. The van der Waals surface area contributed by atoms with Crippen LogP contribution in [0.1, 0.15) is 54.9 Å². The third-order valence-electron chi connectivity index (χ3n) is 6.61. The predicted molar refractivity (Wildman–Crippen MR) is 143 cm³/mol. The van der Waals surface area contributed by atoms with Gasteiger partial charge in [0.15, 0.2) is 0 Å². The summed E-state index contributed by atoms with van der Waals surface area (Å²) in [4.78, 5) is 41.4. The summed E-state index contributed by atoms with van der Waals surface area (Å²) in [5.41, 5.74) is 9.52. The van der Waals surface area contributed by atoms with Crippen LogP contribution in [0, 0.1) is 5.41 Å². The van der Waals surface area contributed by atoms with E-state index in [2.05, 4.69) is 20.7 Å². The van der Waals surface area contributed by atoms with Crippen LogP contribution in [-0.4, -0.2) is 37.0 Å². The van der Waals surface area contributed by atoms with E-state index in [-0.39, 0.29) is 34.0 Å². The van der Waals surface area contributed by atoms with Crippen molar-refractivity contribution in [3.05, 3.63) is 74.1 Å². The zero-order valence-electron chi connectivity index (χ0n) is 20.7. The van der Waals surface area contributed by atoms with E-state index in [1.54, 1.807) is 49.4 Å². The second-order valence-electron chi connectivity index (χ2n) is 9.25. The Bertz CT molecular complexity index is 1170. The second kappa shape index (κ2) is 12.8. The lowest BCUT2D eigenvalue weighted by Crippen LogP contribution is -2.49. The van der Waals surface area contributed by atoms with Crippen molar-refractivity contribution in [2.45, 2.75) is 57.5 Å². The molecule has 1 aliphatic carbocycles. The topological polar surface area (TPSA) is 133 Å². The molecule has 2 aromatic rings. The van der Waals surface area contributed by atoms with E-state index in [1.165, 1.54) is 7.11 Å². The van der Waals surface area contributed by atoms with Gasteiger partial charge in [0, 0.05) is 28.5 Å². The van der Waals surface area contributed by atoms with E-state index < -0.39 is 23.3 Å². The number of esters is 1. The van der Waals surface area contributed by atoms with Crippen molar-refractivity contribution in [1.29, 1.82) is 0 Å². The molecule has 11 heteroatoms. The minimum Gasteiger partial charge on any atom is -0.467 e. The Morgan fingerprint density at radius 1 is 1.11 bits per heavy atom. The van der Waals surface area contributed by atoms with Crippen LogP contribution in [0.4, 0.5) is 5.69 Å². The van der Waals surface area contributed by atoms with E-state index in [0.29, 0.717) is 24.9 Å². The van der Waals surface area contributed by atoms with Gasteiger partial charge in [-0.1, -0.05) is 66.3 Å². The summed E-state index contributed by atoms with van der Waals surface area (Å²) in [7, 11) is 1.27. The van der Waals surface area contributed by atoms with Crippen molar-refractivity contribution in [3.8, 4) is 0 Å². The largest absolute Gasteiger partial charge is 0.467 e. The molecule has 2 aromatic carbocycles. The molecule has 2 N–H and O–H groups in total. The number of carbonyl (C=O) groups excluding carboxylic acids is 3. The first kappa shape index (κ1) is 28.3. The number of benzene rings is 2. The lowest BCUT2D eigenvalue weighted by Gasteiger charge is -2.31. The third-order valence-corrected chi connectivity index (χ3v) is 7.24. The summed E-state index contributed by atoms with van der Waals surface area (Å²) in [6, 6.07) is 10.5. The lowest BCUT2D eigenvalue weighted by atomic mass is 9.79. The number of carbonyl (C=O) groups is 3. The number of hydrogen-bond donors (Lipinski definition) is 2.